The lowest BCUT2D eigenvalue weighted by molar-refractivity contribution is -0.384. The summed E-state index contributed by atoms with van der Waals surface area (Å²) in [5.74, 6) is -0.240. The van der Waals surface area contributed by atoms with Crippen molar-refractivity contribution in [2.75, 3.05) is 12.4 Å². The van der Waals surface area contributed by atoms with Crippen molar-refractivity contribution in [1.29, 1.82) is 5.26 Å². The molecule has 3 rings (SSSR count). The normalized spacial score (nSPS) is 10.8. The number of hydrogen-bond acceptors (Lipinski definition) is 8. The Morgan fingerprint density at radius 2 is 1.91 bits per heavy atom. The standard InChI is InChI=1S/C21H14N4O7/c1-31-16-5-7-18(19(11-16)25(29)30)20-8-6-17(32-20)9-13(12-22)21(26)23-14-3-2-4-15(10-14)24(27)28/h2-11H,1H3,(H,23,26)/b13-9+. The maximum absolute atomic E-state index is 12.4. The molecule has 0 aliphatic heterocycles. The van der Waals surface area contributed by atoms with Crippen molar-refractivity contribution < 1.29 is 23.8 Å². The Morgan fingerprint density at radius 3 is 2.56 bits per heavy atom. The molecule has 11 nitrogen and oxygen atoms in total. The van der Waals surface area contributed by atoms with Crippen molar-refractivity contribution in [3.8, 4) is 23.1 Å². The third kappa shape index (κ3) is 4.77. The van der Waals surface area contributed by atoms with Crippen LogP contribution in [0.2, 0.25) is 0 Å². The Kier molecular flexibility index (Phi) is 6.26. The van der Waals surface area contributed by atoms with Crippen LogP contribution >= 0.6 is 0 Å². The summed E-state index contributed by atoms with van der Waals surface area (Å²) in [6, 6.07) is 14.1. The number of nitriles is 1. The number of ether oxygens (including phenoxy) is 1. The second-order valence-corrected chi connectivity index (χ2v) is 6.27. The summed E-state index contributed by atoms with van der Waals surface area (Å²) < 4.78 is 10.6. The Morgan fingerprint density at radius 1 is 1.12 bits per heavy atom. The first kappa shape index (κ1) is 21.7. The quantitative estimate of drug-likeness (QED) is 0.249. The average Bonchev–Trinajstić information content (AvgIpc) is 3.25. The molecule has 0 saturated heterocycles. The number of carbonyl (C=O) groups is 1. The number of nitro groups is 2. The van der Waals surface area contributed by atoms with E-state index in [0.29, 0.717) is 5.75 Å². The molecule has 3 aromatic rings. The van der Waals surface area contributed by atoms with E-state index in [1.165, 1.54) is 55.6 Å². The molecular formula is C21H14N4O7. The lowest BCUT2D eigenvalue weighted by Crippen LogP contribution is -2.13. The van der Waals surface area contributed by atoms with Gasteiger partial charge in [0.1, 0.15) is 28.9 Å². The number of anilines is 1. The molecule has 1 heterocycles. The molecule has 160 valence electrons. The van der Waals surface area contributed by atoms with Gasteiger partial charge in [0.2, 0.25) is 0 Å². The van der Waals surface area contributed by atoms with Gasteiger partial charge in [0.15, 0.2) is 0 Å². The van der Waals surface area contributed by atoms with Gasteiger partial charge in [0.25, 0.3) is 17.3 Å². The van der Waals surface area contributed by atoms with E-state index in [1.807, 2.05) is 0 Å². The van der Waals surface area contributed by atoms with E-state index >= 15 is 0 Å². The van der Waals surface area contributed by atoms with Gasteiger partial charge in [-0.3, -0.25) is 25.0 Å². The fourth-order valence-corrected chi connectivity index (χ4v) is 2.76. The summed E-state index contributed by atoms with van der Waals surface area (Å²) in [7, 11) is 1.39. The smallest absolute Gasteiger partial charge is 0.284 e. The topological polar surface area (TPSA) is 162 Å². The minimum Gasteiger partial charge on any atom is -0.497 e. The van der Waals surface area contributed by atoms with Crippen molar-refractivity contribution in [3.05, 3.63) is 86.2 Å². The Hall–Kier alpha value is -4.98. The van der Waals surface area contributed by atoms with Crippen LogP contribution in [-0.4, -0.2) is 22.9 Å². The Bertz CT molecular complexity index is 1290. The fraction of sp³-hybridized carbons (Fsp3) is 0.0476. The molecule has 0 spiro atoms. The lowest BCUT2D eigenvalue weighted by atomic mass is 10.1. The summed E-state index contributed by atoms with van der Waals surface area (Å²) in [6.45, 7) is 0. The van der Waals surface area contributed by atoms with Crippen LogP contribution in [-0.2, 0) is 4.79 Å². The van der Waals surface area contributed by atoms with E-state index in [9.17, 15) is 30.3 Å². The molecule has 32 heavy (non-hydrogen) atoms. The zero-order valence-electron chi connectivity index (χ0n) is 16.5. The fourth-order valence-electron chi connectivity index (χ4n) is 2.76. The second-order valence-electron chi connectivity index (χ2n) is 6.27. The number of benzene rings is 2. The van der Waals surface area contributed by atoms with Crippen molar-refractivity contribution in [2.24, 2.45) is 0 Å². The van der Waals surface area contributed by atoms with Gasteiger partial charge in [-0.25, -0.2) is 0 Å². The SMILES string of the molecule is COc1ccc(-c2ccc(/C=C(\C#N)C(=O)Nc3cccc([N+](=O)[O-])c3)o2)c([N+](=O)[O-])c1. The van der Waals surface area contributed by atoms with Crippen LogP contribution in [0.15, 0.2) is 64.6 Å². The van der Waals surface area contributed by atoms with Crippen LogP contribution in [0, 0.1) is 31.6 Å². The monoisotopic (exact) mass is 434 g/mol. The van der Waals surface area contributed by atoms with Gasteiger partial charge in [-0.05, 0) is 30.3 Å². The van der Waals surface area contributed by atoms with Crippen molar-refractivity contribution in [2.45, 2.75) is 0 Å². The molecule has 1 amide bonds. The molecule has 2 aromatic carbocycles. The van der Waals surface area contributed by atoms with E-state index in [1.54, 1.807) is 6.07 Å². The minimum absolute atomic E-state index is 0.107. The third-order valence-electron chi connectivity index (χ3n) is 4.26. The minimum atomic E-state index is -0.804. The van der Waals surface area contributed by atoms with E-state index in [4.69, 9.17) is 9.15 Å². The Labute approximate surface area is 180 Å². The molecule has 0 radical (unpaired) electrons. The second kappa shape index (κ2) is 9.23. The zero-order chi connectivity index (χ0) is 23.3. The number of hydrogen-bond donors (Lipinski definition) is 1. The number of nitro benzene ring substituents is 2. The highest BCUT2D eigenvalue weighted by Gasteiger charge is 2.20. The molecule has 11 heteroatoms. The number of nitrogens with zero attached hydrogens (tertiary/aromatic N) is 3. The van der Waals surface area contributed by atoms with Crippen LogP contribution < -0.4 is 10.1 Å². The first-order chi connectivity index (χ1) is 15.3. The highest BCUT2D eigenvalue weighted by molar-refractivity contribution is 6.09. The van der Waals surface area contributed by atoms with E-state index in [-0.39, 0.29) is 39.7 Å². The van der Waals surface area contributed by atoms with Crippen molar-refractivity contribution >= 4 is 29.0 Å². The van der Waals surface area contributed by atoms with E-state index < -0.39 is 15.8 Å². The summed E-state index contributed by atoms with van der Waals surface area (Å²) in [5, 5.41) is 34.0. The van der Waals surface area contributed by atoms with Crippen molar-refractivity contribution in [3.63, 3.8) is 0 Å². The van der Waals surface area contributed by atoms with Crippen LogP contribution in [0.3, 0.4) is 0 Å². The molecule has 1 aromatic heterocycles. The highest BCUT2D eigenvalue weighted by Crippen LogP contribution is 2.34. The molecule has 0 aliphatic rings. The lowest BCUT2D eigenvalue weighted by Gasteiger charge is -2.04. The third-order valence-corrected chi connectivity index (χ3v) is 4.26. The molecular weight excluding hydrogens is 420 g/mol. The number of nitrogens with one attached hydrogen (secondary N) is 1. The van der Waals surface area contributed by atoms with E-state index in [0.717, 1.165) is 12.1 Å². The maximum Gasteiger partial charge on any atom is 0.284 e. The van der Waals surface area contributed by atoms with Crippen LogP contribution in [0.1, 0.15) is 5.76 Å². The van der Waals surface area contributed by atoms with Gasteiger partial charge in [-0.15, -0.1) is 0 Å². The van der Waals surface area contributed by atoms with E-state index in [2.05, 4.69) is 5.32 Å². The van der Waals surface area contributed by atoms with Gasteiger partial charge in [-0.1, -0.05) is 6.07 Å². The van der Waals surface area contributed by atoms with Crippen LogP contribution in [0.25, 0.3) is 17.4 Å². The van der Waals surface area contributed by atoms with Crippen molar-refractivity contribution in [1.82, 2.24) is 0 Å². The maximum atomic E-state index is 12.4. The molecule has 0 aliphatic carbocycles. The first-order valence-electron chi connectivity index (χ1n) is 8.92. The summed E-state index contributed by atoms with van der Waals surface area (Å²) in [5.41, 5.74) is -0.462. The van der Waals surface area contributed by atoms with Crippen LogP contribution in [0.4, 0.5) is 17.1 Å². The van der Waals surface area contributed by atoms with Gasteiger partial charge in [0.05, 0.1) is 28.6 Å². The summed E-state index contributed by atoms with van der Waals surface area (Å²) >= 11 is 0. The molecule has 0 unspecified atom stereocenters. The molecule has 0 fully saturated rings. The summed E-state index contributed by atoms with van der Waals surface area (Å²) in [6.07, 6.45) is 1.16. The number of amides is 1. The first-order valence-corrected chi connectivity index (χ1v) is 8.92. The predicted molar refractivity (Wildman–Crippen MR) is 113 cm³/mol. The van der Waals surface area contributed by atoms with Gasteiger partial charge < -0.3 is 14.5 Å². The number of rotatable bonds is 7. The highest BCUT2D eigenvalue weighted by atomic mass is 16.6. The van der Waals surface area contributed by atoms with Gasteiger partial charge >= 0.3 is 0 Å². The molecule has 1 N–H and O–H groups in total. The number of methoxy groups -OCH3 is 1. The predicted octanol–water partition coefficient (Wildman–Crippen LogP) is 4.32. The molecule has 0 bridgehead atoms. The Balaban J connectivity index is 1.87. The number of furan rings is 1. The number of non-ortho nitro benzene ring substituents is 1. The summed E-state index contributed by atoms with van der Waals surface area (Å²) in [4.78, 5) is 33.5. The van der Waals surface area contributed by atoms with Crippen LogP contribution in [0.5, 0.6) is 5.75 Å². The average molecular weight is 434 g/mol. The zero-order valence-corrected chi connectivity index (χ0v) is 16.5. The largest absolute Gasteiger partial charge is 0.497 e. The molecule has 0 atom stereocenters. The van der Waals surface area contributed by atoms with Gasteiger partial charge in [-0.2, -0.15) is 5.26 Å². The number of carbonyl (C=O) groups excluding carboxylic acids is 1. The molecule has 0 saturated carbocycles. The van der Waals surface area contributed by atoms with Gasteiger partial charge in [0, 0.05) is 23.9 Å².